The van der Waals surface area contributed by atoms with Crippen molar-refractivity contribution in [1.82, 2.24) is 5.32 Å². The van der Waals surface area contributed by atoms with E-state index in [1.54, 1.807) is 0 Å². The maximum atomic E-state index is 5.65. The highest BCUT2D eigenvalue weighted by Crippen LogP contribution is 2.32. The Morgan fingerprint density at radius 2 is 2.18 bits per heavy atom. The van der Waals surface area contributed by atoms with Crippen LogP contribution in [0.4, 0.5) is 5.69 Å². The van der Waals surface area contributed by atoms with Crippen molar-refractivity contribution in [2.45, 2.75) is 25.8 Å². The molecule has 2 rings (SSSR count). The second-order valence-corrected chi connectivity index (χ2v) is 5.38. The van der Waals surface area contributed by atoms with E-state index in [-0.39, 0.29) is 5.54 Å². The predicted octanol–water partition coefficient (Wildman–Crippen LogP) is 2.06. The molecule has 1 aromatic rings. The Kier molecular flexibility index (Phi) is 3.29. The summed E-state index contributed by atoms with van der Waals surface area (Å²) in [5.41, 5.74) is 2.68. The van der Waals surface area contributed by atoms with Gasteiger partial charge in [-0.2, -0.15) is 0 Å². The van der Waals surface area contributed by atoms with E-state index in [0.29, 0.717) is 0 Å². The molecule has 0 saturated carbocycles. The Bertz CT molecular complexity index is 401. The molecule has 1 aliphatic rings. The molecule has 0 fully saturated rings. The molecule has 94 valence electrons. The minimum absolute atomic E-state index is 0.127. The second kappa shape index (κ2) is 4.57. The van der Waals surface area contributed by atoms with Crippen LogP contribution in [0.5, 0.6) is 5.75 Å². The number of hydrogen-bond acceptors (Lipinski definition) is 3. The summed E-state index contributed by atoms with van der Waals surface area (Å²) in [7, 11) is 4.13. The largest absolute Gasteiger partial charge is 0.490 e. The fourth-order valence-electron chi connectivity index (χ4n) is 2.10. The number of anilines is 1. The molecular weight excluding hydrogens is 212 g/mol. The van der Waals surface area contributed by atoms with Crippen molar-refractivity contribution in [3.05, 3.63) is 23.8 Å². The van der Waals surface area contributed by atoms with Crippen LogP contribution in [0.3, 0.4) is 0 Å². The summed E-state index contributed by atoms with van der Waals surface area (Å²) >= 11 is 0. The van der Waals surface area contributed by atoms with Crippen LogP contribution in [0.25, 0.3) is 0 Å². The lowest BCUT2D eigenvalue weighted by molar-refractivity contribution is 0.311. The van der Waals surface area contributed by atoms with Gasteiger partial charge in [0.25, 0.3) is 0 Å². The van der Waals surface area contributed by atoms with Gasteiger partial charge in [0.2, 0.25) is 0 Å². The molecule has 0 atom stereocenters. The molecule has 1 aliphatic heterocycles. The monoisotopic (exact) mass is 234 g/mol. The van der Waals surface area contributed by atoms with Gasteiger partial charge in [0, 0.05) is 12.6 Å². The van der Waals surface area contributed by atoms with Crippen molar-refractivity contribution in [2.24, 2.45) is 0 Å². The zero-order valence-electron chi connectivity index (χ0n) is 11.2. The van der Waals surface area contributed by atoms with Crippen molar-refractivity contribution in [2.75, 3.05) is 32.1 Å². The third-order valence-electron chi connectivity index (χ3n) is 3.44. The van der Waals surface area contributed by atoms with E-state index in [2.05, 4.69) is 49.3 Å². The topological polar surface area (TPSA) is 24.5 Å². The van der Waals surface area contributed by atoms with Crippen molar-refractivity contribution in [1.29, 1.82) is 0 Å². The standard InChI is InChI=1S/C14H22N2O/c1-14(2,15-3)10-11-5-6-13-12(9-11)16(4)7-8-17-13/h5-6,9,15H,7-8,10H2,1-4H3. The van der Waals surface area contributed by atoms with Gasteiger partial charge in [-0.15, -0.1) is 0 Å². The molecule has 0 unspecified atom stereocenters. The summed E-state index contributed by atoms with van der Waals surface area (Å²) in [4.78, 5) is 2.26. The first kappa shape index (κ1) is 12.2. The maximum absolute atomic E-state index is 5.65. The number of likely N-dealkylation sites (N-methyl/N-ethyl adjacent to an activating group) is 2. The Labute approximate surface area is 104 Å². The van der Waals surface area contributed by atoms with E-state index >= 15 is 0 Å². The van der Waals surface area contributed by atoms with Crippen LogP contribution >= 0.6 is 0 Å². The lowest BCUT2D eigenvalue weighted by Gasteiger charge is -2.29. The minimum atomic E-state index is 0.127. The number of benzene rings is 1. The first-order valence-corrected chi connectivity index (χ1v) is 6.17. The summed E-state index contributed by atoms with van der Waals surface area (Å²) in [6.45, 7) is 6.18. The van der Waals surface area contributed by atoms with Crippen molar-refractivity contribution >= 4 is 5.69 Å². The van der Waals surface area contributed by atoms with Gasteiger partial charge in [-0.1, -0.05) is 6.07 Å². The van der Waals surface area contributed by atoms with Gasteiger partial charge >= 0.3 is 0 Å². The smallest absolute Gasteiger partial charge is 0.142 e. The van der Waals surface area contributed by atoms with Gasteiger partial charge in [0.05, 0.1) is 12.2 Å². The highest BCUT2D eigenvalue weighted by Gasteiger charge is 2.19. The van der Waals surface area contributed by atoms with Crippen LogP contribution in [0.15, 0.2) is 18.2 Å². The average molecular weight is 234 g/mol. The number of hydrogen-bond donors (Lipinski definition) is 1. The van der Waals surface area contributed by atoms with Crippen LogP contribution in [-0.4, -0.2) is 32.8 Å². The Morgan fingerprint density at radius 1 is 1.41 bits per heavy atom. The lowest BCUT2D eigenvalue weighted by atomic mass is 9.94. The predicted molar refractivity (Wildman–Crippen MR) is 72.0 cm³/mol. The van der Waals surface area contributed by atoms with E-state index in [0.717, 1.165) is 25.3 Å². The minimum Gasteiger partial charge on any atom is -0.490 e. The first-order valence-electron chi connectivity index (χ1n) is 6.17. The van der Waals surface area contributed by atoms with Gasteiger partial charge in [0.1, 0.15) is 12.4 Å². The zero-order valence-corrected chi connectivity index (χ0v) is 11.2. The molecule has 3 heteroatoms. The van der Waals surface area contributed by atoms with E-state index in [1.165, 1.54) is 11.3 Å². The van der Waals surface area contributed by atoms with E-state index in [9.17, 15) is 0 Å². The molecule has 17 heavy (non-hydrogen) atoms. The number of nitrogens with one attached hydrogen (secondary N) is 1. The molecular formula is C14H22N2O. The van der Waals surface area contributed by atoms with Gasteiger partial charge in [0.15, 0.2) is 0 Å². The van der Waals surface area contributed by atoms with Gasteiger partial charge in [-0.3, -0.25) is 0 Å². The summed E-state index contributed by atoms with van der Waals surface area (Å²) in [5.74, 6) is 1.00. The fourth-order valence-corrected chi connectivity index (χ4v) is 2.10. The van der Waals surface area contributed by atoms with Crippen LogP contribution in [0, 0.1) is 0 Å². The normalized spacial score (nSPS) is 15.4. The number of fused-ring (bicyclic) bond motifs is 1. The summed E-state index contributed by atoms with van der Waals surface area (Å²) in [6.07, 6.45) is 1.02. The van der Waals surface area contributed by atoms with Gasteiger partial charge in [-0.05, 0) is 45.0 Å². The third-order valence-corrected chi connectivity index (χ3v) is 3.44. The number of ether oxygens (including phenoxy) is 1. The second-order valence-electron chi connectivity index (χ2n) is 5.38. The quantitative estimate of drug-likeness (QED) is 0.866. The molecule has 1 heterocycles. The first-order chi connectivity index (χ1) is 8.02. The van der Waals surface area contributed by atoms with Gasteiger partial charge < -0.3 is 15.0 Å². The summed E-state index contributed by atoms with van der Waals surface area (Å²) < 4.78 is 5.65. The molecule has 0 saturated heterocycles. The SMILES string of the molecule is CNC(C)(C)Cc1ccc2c(c1)N(C)CCO2. The van der Waals surface area contributed by atoms with E-state index in [1.807, 2.05) is 7.05 Å². The third kappa shape index (κ3) is 2.72. The van der Waals surface area contributed by atoms with Crippen LogP contribution < -0.4 is 15.0 Å². The number of nitrogens with zero attached hydrogens (tertiary/aromatic N) is 1. The molecule has 0 amide bonds. The van der Waals surface area contributed by atoms with E-state index < -0.39 is 0 Å². The van der Waals surface area contributed by atoms with Crippen molar-refractivity contribution in [3.8, 4) is 5.75 Å². The molecule has 0 aromatic heterocycles. The molecule has 3 nitrogen and oxygen atoms in total. The van der Waals surface area contributed by atoms with Crippen molar-refractivity contribution in [3.63, 3.8) is 0 Å². The molecule has 0 radical (unpaired) electrons. The van der Waals surface area contributed by atoms with Gasteiger partial charge in [-0.25, -0.2) is 0 Å². The maximum Gasteiger partial charge on any atom is 0.142 e. The molecule has 0 aliphatic carbocycles. The Hall–Kier alpha value is -1.22. The summed E-state index contributed by atoms with van der Waals surface area (Å²) in [5, 5.41) is 3.34. The average Bonchev–Trinajstić information content (AvgIpc) is 2.30. The number of rotatable bonds is 3. The Balaban J connectivity index is 2.24. The van der Waals surface area contributed by atoms with Crippen LogP contribution in [0.2, 0.25) is 0 Å². The zero-order chi connectivity index (χ0) is 12.5. The Morgan fingerprint density at radius 3 is 2.88 bits per heavy atom. The molecule has 1 aromatic carbocycles. The van der Waals surface area contributed by atoms with Crippen LogP contribution in [-0.2, 0) is 6.42 Å². The highest BCUT2D eigenvalue weighted by atomic mass is 16.5. The summed E-state index contributed by atoms with van der Waals surface area (Å²) in [6, 6.07) is 6.50. The highest BCUT2D eigenvalue weighted by molar-refractivity contribution is 5.61. The lowest BCUT2D eigenvalue weighted by Crippen LogP contribution is -2.38. The van der Waals surface area contributed by atoms with Crippen LogP contribution in [0.1, 0.15) is 19.4 Å². The van der Waals surface area contributed by atoms with Crippen molar-refractivity contribution < 1.29 is 4.74 Å². The van der Waals surface area contributed by atoms with E-state index in [4.69, 9.17) is 4.74 Å². The molecule has 1 N–H and O–H groups in total. The molecule has 0 spiro atoms. The molecule has 0 bridgehead atoms. The fraction of sp³-hybridized carbons (Fsp3) is 0.571.